The van der Waals surface area contributed by atoms with Crippen molar-refractivity contribution in [2.45, 2.75) is 19.9 Å². The average Bonchev–Trinajstić information content (AvgIpc) is 2.77. The number of carbonyl (C=O) groups is 1. The predicted octanol–water partition coefficient (Wildman–Crippen LogP) is 1.40. The SMILES string of the molecule is CC(C)n1nccc1NC(=O)c1ccc[nH]c1=O. The number of H-pyrrole nitrogens is 1. The molecule has 0 aliphatic carbocycles. The van der Waals surface area contributed by atoms with Crippen molar-refractivity contribution in [3.63, 3.8) is 0 Å². The molecular formula is C12H14N4O2. The Hall–Kier alpha value is -2.37. The number of nitrogens with one attached hydrogen (secondary N) is 2. The van der Waals surface area contributed by atoms with E-state index in [1.54, 1.807) is 23.0 Å². The van der Waals surface area contributed by atoms with Crippen molar-refractivity contribution in [2.24, 2.45) is 0 Å². The number of rotatable bonds is 3. The number of pyridine rings is 1. The molecule has 0 aliphatic rings. The van der Waals surface area contributed by atoms with Crippen LogP contribution in [0.15, 0.2) is 35.4 Å². The third-order valence-corrected chi connectivity index (χ3v) is 2.46. The molecule has 6 nitrogen and oxygen atoms in total. The van der Waals surface area contributed by atoms with E-state index in [0.29, 0.717) is 5.82 Å². The van der Waals surface area contributed by atoms with Crippen LogP contribution in [0.25, 0.3) is 0 Å². The lowest BCUT2D eigenvalue weighted by atomic mass is 10.2. The summed E-state index contributed by atoms with van der Waals surface area (Å²) in [6.45, 7) is 3.91. The smallest absolute Gasteiger partial charge is 0.262 e. The van der Waals surface area contributed by atoms with Gasteiger partial charge in [0.15, 0.2) is 0 Å². The molecule has 0 spiro atoms. The second-order valence-electron chi connectivity index (χ2n) is 4.12. The van der Waals surface area contributed by atoms with Crippen LogP contribution in [0.5, 0.6) is 0 Å². The van der Waals surface area contributed by atoms with Gasteiger partial charge in [0.05, 0.1) is 6.20 Å². The molecule has 0 atom stereocenters. The van der Waals surface area contributed by atoms with E-state index in [1.807, 2.05) is 13.8 Å². The summed E-state index contributed by atoms with van der Waals surface area (Å²) in [4.78, 5) is 25.9. The van der Waals surface area contributed by atoms with E-state index in [4.69, 9.17) is 0 Å². The van der Waals surface area contributed by atoms with Crippen LogP contribution in [0.3, 0.4) is 0 Å². The third-order valence-electron chi connectivity index (χ3n) is 2.46. The van der Waals surface area contributed by atoms with Crippen molar-refractivity contribution in [3.05, 3.63) is 46.5 Å². The van der Waals surface area contributed by atoms with Crippen molar-refractivity contribution >= 4 is 11.7 Å². The fraction of sp³-hybridized carbons (Fsp3) is 0.250. The molecule has 0 aliphatic heterocycles. The first kappa shape index (κ1) is 12.1. The van der Waals surface area contributed by atoms with Crippen LogP contribution >= 0.6 is 0 Å². The first-order chi connectivity index (χ1) is 8.59. The van der Waals surface area contributed by atoms with E-state index in [0.717, 1.165) is 0 Å². The molecule has 6 heteroatoms. The summed E-state index contributed by atoms with van der Waals surface area (Å²) < 4.78 is 1.68. The van der Waals surface area contributed by atoms with E-state index >= 15 is 0 Å². The van der Waals surface area contributed by atoms with E-state index < -0.39 is 11.5 Å². The first-order valence-electron chi connectivity index (χ1n) is 5.62. The number of amides is 1. The predicted molar refractivity (Wildman–Crippen MR) is 67.6 cm³/mol. The molecule has 0 aromatic carbocycles. The highest BCUT2D eigenvalue weighted by molar-refractivity contribution is 6.03. The largest absolute Gasteiger partial charge is 0.328 e. The standard InChI is InChI=1S/C12H14N4O2/c1-8(2)16-10(5-7-14-16)15-12(18)9-4-3-6-13-11(9)17/h3-8H,1-2H3,(H,13,17)(H,15,18). The molecule has 2 aromatic rings. The van der Waals surface area contributed by atoms with Gasteiger partial charge in [-0.2, -0.15) is 5.10 Å². The summed E-state index contributed by atoms with van der Waals surface area (Å²) in [6.07, 6.45) is 3.09. The molecule has 0 saturated carbocycles. The van der Waals surface area contributed by atoms with Gasteiger partial charge < -0.3 is 10.3 Å². The second kappa shape index (κ2) is 4.87. The molecule has 2 aromatic heterocycles. The van der Waals surface area contributed by atoms with Crippen molar-refractivity contribution in [2.75, 3.05) is 5.32 Å². The van der Waals surface area contributed by atoms with E-state index in [9.17, 15) is 9.59 Å². The third kappa shape index (κ3) is 2.32. The lowest BCUT2D eigenvalue weighted by Crippen LogP contribution is -2.24. The Morgan fingerprint density at radius 2 is 2.22 bits per heavy atom. The van der Waals surface area contributed by atoms with Crippen LogP contribution in [0.1, 0.15) is 30.2 Å². The number of aromatic nitrogens is 3. The van der Waals surface area contributed by atoms with Gasteiger partial charge in [-0.05, 0) is 26.0 Å². The number of nitrogens with zero attached hydrogens (tertiary/aromatic N) is 2. The van der Waals surface area contributed by atoms with E-state index in [1.165, 1.54) is 12.3 Å². The maximum atomic E-state index is 11.9. The normalized spacial score (nSPS) is 10.6. The molecule has 1 amide bonds. The second-order valence-corrected chi connectivity index (χ2v) is 4.12. The maximum absolute atomic E-state index is 11.9. The first-order valence-corrected chi connectivity index (χ1v) is 5.62. The van der Waals surface area contributed by atoms with Gasteiger partial charge in [0.2, 0.25) is 0 Å². The zero-order valence-corrected chi connectivity index (χ0v) is 10.2. The zero-order chi connectivity index (χ0) is 13.1. The summed E-state index contributed by atoms with van der Waals surface area (Å²) >= 11 is 0. The highest BCUT2D eigenvalue weighted by Crippen LogP contribution is 2.13. The summed E-state index contributed by atoms with van der Waals surface area (Å²) in [5.74, 6) is 0.123. The van der Waals surface area contributed by atoms with Gasteiger partial charge in [-0.25, -0.2) is 4.68 Å². The molecule has 18 heavy (non-hydrogen) atoms. The number of carbonyl (C=O) groups excluding carboxylic acids is 1. The maximum Gasteiger partial charge on any atom is 0.262 e. The minimum Gasteiger partial charge on any atom is -0.328 e. The Morgan fingerprint density at radius 1 is 1.44 bits per heavy atom. The lowest BCUT2D eigenvalue weighted by molar-refractivity contribution is 0.102. The Morgan fingerprint density at radius 3 is 2.89 bits per heavy atom. The molecule has 0 unspecified atom stereocenters. The minimum atomic E-state index is -0.445. The van der Waals surface area contributed by atoms with Gasteiger partial charge in [0, 0.05) is 18.3 Å². The summed E-state index contributed by atoms with van der Waals surface area (Å²) in [5, 5.41) is 6.77. The molecule has 2 heterocycles. The van der Waals surface area contributed by atoms with Crippen molar-refractivity contribution in [1.29, 1.82) is 0 Å². The number of hydrogen-bond donors (Lipinski definition) is 2. The van der Waals surface area contributed by atoms with Gasteiger partial charge in [-0.3, -0.25) is 9.59 Å². The van der Waals surface area contributed by atoms with E-state index in [-0.39, 0.29) is 11.6 Å². The minimum absolute atomic E-state index is 0.0778. The van der Waals surface area contributed by atoms with Gasteiger partial charge in [-0.1, -0.05) is 0 Å². The molecular weight excluding hydrogens is 232 g/mol. The van der Waals surface area contributed by atoms with Crippen molar-refractivity contribution < 1.29 is 4.79 Å². The Balaban J connectivity index is 2.25. The summed E-state index contributed by atoms with van der Waals surface area (Å²) in [5.41, 5.74) is -0.334. The molecule has 94 valence electrons. The van der Waals surface area contributed by atoms with Crippen molar-refractivity contribution in [1.82, 2.24) is 14.8 Å². The van der Waals surface area contributed by atoms with Crippen LogP contribution in [0.4, 0.5) is 5.82 Å². The Kier molecular flexibility index (Phi) is 3.27. The summed E-state index contributed by atoms with van der Waals surface area (Å²) in [6, 6.07) is 4.90. The van der Waals surface area contributed by atoms with Crippen LogP contribution in [0.2, 0.25) is 0 Å². The summed E-state index contributed by atoms with van der Waals surface area (Å²) in [7, 11) is 0. The lowest BCUT2D eigenvalue weighted by Gasteiger charge is -2.11. The molecule has 0 radical (unpaired) electrons. The van der Waals surface area contributed by atoms with Gasteiger partial charge in [0.25, 0.3) is 11.5 Å². The molecule has 0 bridgehead atoms. The van der Waals surface area contributed by atoms with Gasteiger partial charge in [0.1, 0.15) is 11.4 Å². The van der Waals surface area contributed by atoms with Crippen LogP contribution in [0, 0.1) is 0 Å². The van der Waals surface area contributed by atoms with Gasteiger partial charge >= 0.3 is 0 Å². The topological polar surface area (TPSA) is 79.8 Å². The number of hydrogen-bond acceptors (Lipinski definition) is 3. The zero-order valence-electron chi connectivity index (χ0n) is 10.2. The van der Waals surface area contributed by atoms with Gasteiger partial charge in [-0.15, -0.1) is 0 Å². The Bertz CT molecular complexity index is 612. The highest BCUT2D eigenvalue weighted by Gasteiger charge is 2.13. The molecule has 0 saturated heterocycles. The fourth-order valence-electron chi connectivity index (χ4n) is 1.61. The van der Waals surface area contributed by atoms with Crippen molar-refractivity contribution in [3.8, 4) is 0 Å². The fourth-order valence-corrected chi connectivity index (χ4v) is 1.61. The van der Waals surface area contributed by atoms with Crippen LogP contribution in [-0.2, 0) is 0 Å². The van der Waals surface area contributed by atoms with E-state index in [2.05, 4.69) is 15.4 Å². The number of anilines is 1. The monoisotopic (exact) mass is 246 g/mol. The highest BCUT2D eigenvalue weighted by atomic mass is 16.2. The molecule has 0 fully saturated rings. The molecule has 2 rings (SSSR count). The quantitative estimate of drug-likeness (QED) is 0.859. The van der Waals surface area contributed by atoms with Crippen LogP contribution in [-0.4, -0.2) is 20.7 Å². The Labute approximate surface area is 104 Å². The molecule has 2 N–H and O–H groups in total. The number of aromatic amines is 1. The van der Waals surface area contributed by atoms with Crippen LogP contribution < -0.4 is 10.9 Å². The average molecular weight is 246 g/mol.